The van der Waals surface area contributed by atoms with Crippen molar-refractivity contribution in [3.05, 3.63) is 34.9 Å². The second kappa shape index (κ2) is 14.9. The largest absolute Gasteiger partial charge is 0.389 e. The number of ether oxygens (including phenoxy) is 1. The van der Waals surface area contributed by atoms with Gasteiger partial charge in [-0.2, -0.15) is 0 Å². The zero-order chi connectivity index (χ0) is 20.8. The van der Waals surface area contributed by atoms with Gasteiger partial charge in [-0.25, -0.2) is 0 Å². The van der Waals surface area contributed by atoms with Crippen LogP contribution in [0.25, 0.3) is 0 Å². The van der Waals surface area contributed by atoms with Crippen molar-refractivity contribution < 1.29 is 9.84 Å². The van der Waals surface area contributed by atoms with Gasteiger partial charge in [-0.05, 0) is 56.1 Å². The molecule has 0 bridgehead atoms. The second-order valence-corrected chi connectivity index (χ2v) is 7.84. The number of nitrogens with one attached hydrogen (secondary N) is 1. The monoisotopic (exact) mass is 393 g/mol. The molecule has 1 rings (SSSR count). The molecular formula is C23H43N3O2. The highest BCUT2D eigenvalue weighted by Gasteiger charge is 2.11. The molecule has 0 aliphatic rings. The van der Waals surface area contributed by atoms with Gasteiger partial charge in [-0.3, -0.25) is 9.80 Å². The Balaban J connectivity index is 2.75. The van der Waals surface area contributed by atoms with Gasteiger partial charge in [0, 0.05) is 39.8 Å². The molecular weight excluding hydrogens is 350 g/mol. The van der Waals surface area contributed by atoms with E-state index >= 15 is 0 Å². The van der Waals surface area contributed by atoms with E-state index in [0.29, 0.717) is 13.2 Å². The van der Waals surface area contributed by atoms with Crippen molar-refractivity contribution >= 4 is 0 Å². The number of aryl methyl sites for hydroxylation is 1. The summed E-state index contributed by atoms with van der Waals surface area (Å²) in [4.78, 5) is 4.72. The lowest BCUT2D eigenvalue weighted by Crippen LogP contribution is -2.33. The predicted octanol–water partition coefficient (Wildman–Crippen LogP) is 2.90. The maximum atomic E-state index is 9.97. The average Bonchev–Trinajstić information content (AvgIpc) is 2.65. The molecule has 2 N–H and O–H groups in total. The Kier molecular flexibility index (Phi) is 13.4. The van der Waals surface area contributed by atoms with Crippen LogP contribution in [0.2, 0.25) is 0 Å². The summed E-state index contributed by atoms with van der Waals surface area (Å²) in [5.41, 5.74) is 4.10. The van der Waals surface area contributed by atoms with Crippen LogP contribution in [0, 0.1) is 0 Å². The molecule has 5 nitrogen and oxygen atoms in total. The highest BCUT2D eigenvalue weighted by molar-refractivity contribution is 5.30. The maximum absolute atomic E-state index is 9.97. The molecule has 1 aromatic carbocycles. The lowest BCUT2D eigenvalue weighted by atomic mass is 10.0. The SMILES string of the molecule is CCCNCCN(CCC)Cc1cc(CC)cc(CN(C)CC(O)COC)c1. The minimum Gasteiger partial charge on any atom is -0.389 e. The predicted molar refractivity (Wildman–Crippen MR) is 119 cm³/mol. The van der Waals surface area contributed by atoms with Crippen LogP contribution in [0.1, 0.15) is 50.3 Å². The van der Waals surface area contributed by atoms with E-state index in [1.54, 1.807) is 7.11 Å². The highest BCUT2D eigenvalue weighted by Crippen LogP contribution is 2.15. The number of rotatable bonds is 16. The molecule has 0 fully saturated rings. The fraction of sp³-hybridized carbons (Fsp3) is 0.739. The van der Waals surface area contributed by atoms with Crippen molar-refractivity contribution in [1.82, 2.24) is 15.1 Å². The zero-order valence-corrected chi connectivity index (χ0v) is 18.8. The van der Waals surface area contributed by atoms with Crippen molar-refractivity contribution in [1.29, 1.82) is 0 Å². The molecule has 0 aromatic heterocycles. The van der Waals surface area contributed by atoms with Crippen molar-refractivity contribution in [3.63, 3.8) is 0 Å². The molecule has 28 heavy (non-hydrogen) atoms. The number of hydrogen-bond acceptors (Lipinski definition) is 5. The van der Waals surface area contributed by atoms with Crippen LogP contribution in [0.15, 0.2) is 18.2 Å². The van der Waals surface area contributed by atoms with Crippen LogP contribution in [0.4, 0.5) is 0 Å². The number of nitrogens with zero attached hydrogens (tertiary/aromatic N) is 2. The number of hydrogen-bond donors (Lipinski definition) is 2. The van der Waals surface area contributed by atoms with Gasteiger partial charge in [0.1, 0.15) is 0 Å². The van der Waals surface area contributed by atoms with Crippen molar-refractivity contribution in [2.24, 2.45) is 0 Å². The van der Waals surface area contributed by atoms with Crippen molar-refractivity contribution in [2.75, 3.05) is 53.5 Å². The Bertz CT molecular complexity index is 525. The first-order valence-electron chi connectivity index (χ1n) is 10.9. The van der Waals surface area contributed by atoms with E-state index in [4.69, 9.17) is 4.74 Å². The molecule has 1 aromatic rings. The lowest BCUT2D eigenvalue weighted by molar-refractivity contribution is 0.0419. The summed E-state index contributed by atoms with van der Waals surface area (Å²) in [5, 5.41) is 13.5. The third-order valence-electron chi connectivity index (χ3n) is 4.83. The Morgan fingerprint density at radius 2 is 1.64 bits per heavy atom. The van der Waals surface area contributed by atoms with Gasteiger partial charge in [0.2, 0.25) is 0 Å². The van der Waals surface area contributed by atoms with E-state index in [2.05, 4.69) is 61.1 Å². The van der Waals surface area contributed by atoms with Gasteiger partial charge in [-0.15, -0.1) is 0 Å². The van der Waals surface area contributed by atoms with E-state index in [-0.39, 0.29) is 0 Å². The standard InChI is InChI=1S/C23H43N3O2/c1-6-9-24-10-12-26(11-7-2)17-22-14-20(8-3)13-21(15-22)16-25(4)18-23(27)19-28-5/h13-15,23-24,27H,6-12,16-19H2,1-5H3. The third kappa shape index (κ3) is 10.5. The Labute approximate surface area is 173 Å². The van der Waals surface area contributed by atoms with Crippen molar-refractivity contribution in [3.8, 4) is 0 Å². The fourth-order valence-corrected chi connectivity index (χ4v) is 3.59. The van der Waals surface area contributed by atoms with Gasteiger partial charge < -0.3 is 15.2 Å². The second-order valence-electron chi connectivity index (χ2n) is 7.84. The van der Waals surface area contributed by atoms with E-state index in [1.807, 2.05) is 0 Å². The van der Waals surface area contributed by atoms with E-state index in [0.717, 1.165) is 45.7 Å². The first-order chi connectivity index (χ1) is 13.5. The number of methoxy groups -OCH3 is 1. The molecule has 0 radical (unpaired) electrons. The molecule has 0 aliphatic carbocycles. The summed E-state index contributed by atoms with van der Waals surface area (Å²) in [5.74, 6) is 0. The molecule has 0 amide bonds. The Morgan fingerprint density at radius 1 is 0.964 bits per heavy atom. The average molecular weight is 394 g/mol. The topological polar surface area (TPSA) is 48.0 Å². The Morgan fingerprint density at radius 3 is 2.25 bits per heavy atom. The molecule has 0 saturated heterocycles. The summed E-state index contributed by atoms with van der Waals surface area (Å²) in [6, 6.07) is 6.99. The first kappa shape index (κ1) is 25.1. The molecule has 1 unspecified atom stereocenters. The van der Waals surface area contributed by atoms with Crippen molar-refractivity contribution in [2.45, 2.75) is 59.2 Å². The fourth-order valence-electron chi connectivity index (χ4n) is 3.59. The summed E-state index contributed by atoms with van der Waals surface area (Å²) in [6.45, 7) is 13.9. The number of aliphatic hydroxyl groups excluding tert-OH is 1. The number of aliphatic hydroxyl groups is 1. The van der Waals surface area contributed by atoms with Crippen LogP contribution in [0.3, 0.4) is 0 Å². The molecule has 0 saturated carbocycles. The summed E-state index contributed by atoms with van der Waals surface area (Å²) in [7, 11) is 3.68. The van der Waals surface area contributed by atoms with Crippen LogP contribution in [-0.2, 0) is 24.2 Å². The minimum atomic E-state index is -0.445. The van der Waals surface area contributed by atoms with Crippen LogP contribution < -0.4 is 5.32 Å². The summed E-state index contributed by atoms with van der Waals surface area (Å²) >= 11 is 0. The van der Waals surface area contributed by atoms with Crippen LogP contribution in [-0.4, -0.2) is 74.5 Å². The smallest absolute Gasteiger partial charge is 0.0900 e. The van der Waals surface area contributed by atoms with Gasteiger partial charge in [0.25, 0.3) is 0 Å². The molecule has 1 atom stereocenters. The Hall–Kier alpha value is -0.980. The van der Waals surface area contributed by atoms with Gasteiger partial charge >= 0.3 is 0 Å². The van der Waals surface area contributed by atoms with E-state index < -0.39 is 6.10 Å². The lowest BCUT2D eigenvalue weighted by Gasteiger charge is -2.24. The molecule has 0 spiro atoms. The molecule has 0 heterocycles. The van der Waals surface area contributed by atoms with E-state index in [9.17, 15) is 5.11 Å². The summed E-state index contributed by atoms with van der Waals surface area (Å²) < 4.78 is 5.04. The molecule has 5 heteroatoms. The third-order valence-corrected chi connectivity index (χ3v) is 4.83. The van der Waals surface area contributed by atoms with Gasteiger partial charge in [-0.1, -0.05) is 39.0 Å². The zero-order valence-electron chi connectivity index (χ0n) is 18.8. The number of likely N-dealkylation sites (N-methyl/N-ethyl adjacent to an activating group) is 1. The van der Waals surface area contributed by atoms with E-state index in [1.165, 1.54) is 29.5 Å². The summed E-state index contributed by atoms with van der Waals surface area (Å²) in [6.07, 6.45) is 2.96. The number of benzene rings is 1. The first-order valence-corrected chi connectivity index (χ1v) is 10.9. The van der Waals surface area contributed by atoms with Crippen LogP contribution >= 0.6 is 0 Å². The van der Waals surface area contributed by atoms with Gasteiger partial charge in [0.15, 0.2) is 0 Å². The van der Waals surface area contributed by atoms with Gasteiger partial charge in [0.05, 0.1) is 12.7 Å². The van der Waals surface area contributed by atoms with Crippen LogP contribution in [0.5, 0.6) is 0 Å². The normalized spacial score (nSPS) is 12.9. The minimum absolute atomic E-state index is 0.378. The molecule has 162 valence electrons. The highest BCUT2D eigenvalue weighted by atomic mass is 16.5. The maximum Gasteiger partial charge on any atom is 0.0900 e. The molecule has 0 aliphatic heterocycles. The quantitative estimate of drug-likeness (QED) is 0.423.